The fourth-order valence-electron chi connectivity index (χ4n) is 3.34. The van der Waals surface area contributed by atoms with Gasteiger partial charge in [-0.3, -0.25) is 4.90 Å². The quantitative estimate of drug-likeness (QED) is 0.501. The van der Waals surface area contributed by atoms with Crippen molar-refractivity contribution in [1.82, 2.24) is 4.90 Å². The first-order valence-corrected chi connectivity index (χ1v) is 9.81. The van der Waals surface area contributed by atoms with E-state index in [1.54, 1.807) is 24.3 Å². The van der Waals surface area contributed by atoms with Crippen LogP contribution in [0, 0.1) is 13.8 Å². The summed E-state index contributed by atoms with van der Waals surface area (Å²) in [6, 6.07) is 17.1. The van der Waals surface area contributed by atoms with Crippen LogP contribution in [0.4, 0.5) is 0 Å². The monoisotopic (exact) mass is 415 g/mol. The van der Waals surface area contributed by atoms with E-state index in [2.05, 4.69) is 17.0 Å². The molecule has 3 nitrogen and oxygen atoms in total. The van der Waals surface area contributed by atoms with Crippen LogP contribution in [0.3, 0.4) is 0 Å². The lowest BCUT2D eigenvalue weighted by molar-refractivity contribution is 0.241. The van der Waals surface area contributed by atoms with Gasteiger partial charge in [-0.25, -0.2) is 0 Å². The van der Waals surface area contributed by atoms with Crippen molar-refractivity contribution in [3.8, 4) is 11.5 Å². The van der Waals surface area contributed by atoms with E-state index >= 15 is 0 Å². The molecule has 3 rings (SSSR count). The molecule has 0 radical (unpaired) electrons. The van der Waals surface area contributed by atoms with Gasteiger partial charge in [0.15, 0.2) is 0 Å². The topological polar surface area (TPSA) is 43.7 Å². The first-order chi connectivity index (χ1) is 13.3. The maximum absolute atomic E-state index is 10.5. The number of aryl methyl sites for hydroxylation is 2. The molecule has 3 aromatic carbocycles. The molecule has 0 heterocycles. The van der Waals surface area contributed by atoms with Gasteiger partial charge >= 0.3 is 0 Å². The lowest BCUT2D eigenvalue weighted by Crippen LogP contribution is -2.22. The molecule has 2 N–H and O–H groups in total. The predicted molar refractivity (Wildman–Crippen MR) is 115 cm³/mol. The van der Waals surface area contributed by atoms with Crippen molar-refractivity contribution in [3.63, 3.8) is 0 Å². The van der Waals surface area contributed by atoms with E-state index in [0.717, 1.165) is 27.8 Å². The molecule has 0 saturated heterocycles. The van der Waals surface area contributed by atoms with E-state index in [1.807, 2.05) is 32.0 Å². The van der Waals surface area contributed by atoms with Gasteiger partial charge in [0.05, 0.1) is 0 Å². The van der Waals surface area contributed by atoms with Crippen molar-refractivity contribution in [3.05, 3.63) is 92.5 Å². The third kappa shape index (κ3) is 4.99. The molecule has 5 heteroatoms. The molecule has 0 saturated carbocycles. The second kappa shape index (κ2) is 8.87. The Morgan fingerprint density at radius 2 is 1.18 bits per heavy atom. The highest BCUT2D eigenvalue weighted by Crippen LogP contribution is 2.31. The van der Waals surface area contributed by atoms with Crippen molar-refractivity contribution in [2.45, 2.75) is 33.5 Å². The Labute approximate surface area is 175 Å². The average molecular weight is 416 g/mol. The van der Waals surface area contributed by atoms with Gasteiger partial charge < -0.3 is 10.2 Å². The number of phenolic OH excluding ortho intramolecular Hbond substituents is 2. The van der Waals surface area contributed by atoms with Gasteiger partial charge in [-0.05, 0) is 54.8 Å². The number of nitrogens with zero attached hydrogens (tertiary/aromatic N) is 1. The highest BCUT2D eigenvalue weighted by Gasteiger charge is 2.16. The minimum absolute atomic E-state index is 0.244. The van der Waals surface area contributed by atoms with Gasteiger partial charge in [-0.15, -0.1) is 0 Å². The SMILES string of the molecule is Cc1cc(Cl)cc(CN(Cc2ccccc2)Cc2cc(Cl)cc(C)c2O)c1O. The Hall–Kier alpha value is -2.20. The minimum Gasteiger partial charge on any atom is -0.507 e. The van der Waals surface area contributed by atoms with Crippen LogP contribution >= 0.6 is 23.2 Å². The molecule has 0 aromatic heterocycles. The van der Waals surface area contributed by atoms with Crippen LogP contribution in [0.25, 0.3) is 0 Å². The van der Waals surface area contributed by atoms with Crippen LogP contribution in [0.5, 0.6) is 11.5 Å². The van der Waals surface area contributed by atoms with Crippen molar-refractivity contribution < 1.29 is 10.2 Å². The Bertz CT molecular complexity index is 915. The average Bonchev–Trinajstić information content (AvgIpc) is 2.64. The molecule has 28 heavy (non-hydrogen) atoms. The maximum atomic E-state index is 10.5. The first-order valence-electron chi connectivity index (χ1n) is 9.05. The normalized spacial score (nSPS) is 11.2. The number of hydrogen-bond donors (Lipinski definition) is 2. The Morgan fingerprint density at radius 3 is 1.64 bits per heavy atom. The summed E-state index contributed by atoms with van der Waals surface area (Å²) in [7, 11) is 0. The van der Waals surface area contributed by atoms with Gasteiger partial charge in [0.1, 0.15) is 11.5 Å². The van der Waals surface area contributed by atoms with E-state index < -0.39 is 0 Å². The standard InChI is InChI=1S/C23H23Cl2NO2/c1-15-8-20(24)10-18(22(15)27)13-26(12-17-6-4-3-5-7-17)14-19-11-21(25)9-16(2)23(19)28/h3-11,27-28H,12-14H2,1-2H3. The molecule has 0 aliphatic carbocycles. The molecule has 3 aromatic rings. The highest BCUT2D eigenvalue weighted by atomic mass is 35.5. The van der Waals surface area contributed by atoms with Gasteiger partial charge in [0, 0.05) is 40.8 Å². The molecule has 146 valence electrons. The van der Waals surface area contributed by atoms with E-state index in [9.17, 15) is 10.2 Å². The highest BCUT2D eigenvalue weighted by molar-refractivity contribution is 6.31. The summed E-state index contributed by atoms with van der Waals surface area (Å²) >= 11 is 12.4. The largest absolute Gasteiger partial charge is 0.507 e. The molecule has 0 spiro atoms. The number of rotatable bonds is 6. The second-order valence-corrected chi connectivity index (χ2v) is 7.96. The molecular weight excluding hydrogens is 393 g/mol. The second-order valence-electron chi connectivity index (χ2n) is 7.09. The zero-order valence-electron chi connectivity index (χ0n) is 15.9. The van der Waals surface area contributed by atoms with Crippen molar-refractivity contribution in [2.24, 2.45) is 0 Å². The Kier molecular flexibility index (Phi) is 6.50. The lowest BCUT2D eigenvalue weighted by atomic mass is 10.1. The van der Waals surface area contributed by atoms with E-state index in [-0.39, 0.29) is 11.5 Å². The fraction of sp³-hybridized carbons (Fsp3) is 0.217. The van der Waals surface area contributed by atoms with Crippen LogP contribution in [0.1, 0.15) is 27.8 Å². The van der Waals surface area contributed by atoms with Crippen LogP contribution in [-0.4, -0.2) is 15.1 Å². The zero-order chi connectivity index (χ0) is 20.3. The van der Waals surface area contributed by atoms with Crippen molar-refractivity contribution in [2.75, 3.05) is 0 Å². The molecular formula is C23H23Cl2NO2. The molecule has 0 amide bonds. The summed E-state index contributed by atoms with van der Waals surface area (Å²) in [4.78, 5) is 2.14. The summed E-state index contributed by atoms with van der Waals surface area (Å²) in [5.74, 6) is 0.489. The van der Waals surface area contributed by atoms with E-state index in [0.29, 0.717) is 29.7 Å². The number of benzene rings is 3. The maximum Gasteiger partial charge on any atom is 0.123 e. The molecule has 0 bridgehead atoms. The third-order valence-corrected chi connectivity index (χ3v) is 5.16. The molecule has 0 atom stereocenters. The Morgan fingerprint density at radius 1 is 0.714 bits per heavy atom. The zero-order valence-corrected chi connectivity index (χ0v) is 17.4. The fourth-order valence-corrected chi connectivity index (χ4v) is 3.93. The van der Waals surface area contributed by atoms with E-state index in [4.69, 9.17) is 23.2 Å². The van der Waals surface area contributed by atoms with Crippen LogP contribution in [0.15, 0.2) is 54.6 Å². The summed E-state index contributed by atoms with van der Waals surface area (Å²) in [6.07, 6.45) is 0. The summed E-state index contributed by atoms with van der Waals surface area (Å²) < 4.78 is 0. The van der Waals surface area contributed by atoms with Crippen LogP contribution < -0.4 is 0 Å². The summed E-state index contributed by atoms with van der Waals surface area (Å²) in [6.45, 7) is 5.27. The molecule has 0 fully saturated rings. The third-order valence-electron chi connectivity index (χ3n) is 4.73. The summed E-state index contributed by atoms with van der Waals surface area (Å²) in [5.41, 5.74) is 4.12. The van der Waals surface area contributed by atoms with Crippen LogP contribution in [0.2, 0.25) is 10.0 Å². The first kappa shape index (κ1) is 20.5. The summed E-state index contributed by atoms with van der Waals surface area (Å²) in [5, 5.41) is 22.2. The predicted octanol–water partition coefficient (Wildman–Crippen LogP) is 6.22. The smallest absolute Gasteiger partial charge is 0.123 e. The molecule has 0 aliphatic rings. The van der Waals surface area contributed by atoms with Gasteiger partial charge in [0.2, 0.25) is 0 Å². The lowest BCUT2D eigenvalue weighted by Gasteiger charge is -2.24. The van der Waals surface area contributed by atoms with Crippen molar-refractivity contribution >= 4 is 23.2 Å². The number of phenols is 2. The van der Waals surface area contributed by atoms with Gasteiger partial charge in [-0.1, -0.05) is 53.5 Å². The minimum atomic E-state index is 0.244. The van der Waals surface area contributed by atoms with Crippen LogP contribution in [-0.2, 0) is 19.6 Å². The van der Waals surface area contributed by atoms with Gasteiger partial charge in [0.25, 0.3) is 0 Å². The number of aromatic hydroxyl groups is 2. The molecule has 0 unspecified atom stereocenters. The van der Waals surface area contributed by atoms with Crippen molar-refractivity contribution in [1.29, 1.82) is 0 Å². The molecule has 0 aliphatic heterocycles. The number of halogens is 2. The van der Waals surface area contributed by atoms with E-state index in [1.165, 1.54) is 0 Å². The number of hydrogen-bond acceptors (Lipinski definition) is 3. The Balaban J connectivity index is 1.94. The van der Waals surface area contributed by atoms with Gasteiger partial charge in [-0.2, -0.15) is 0 Å².